The van der Waals surface area contributed by atoms with Crippen LogP contribution in [0.25, 0.3) is 0 Å². The molecule has 1 aromatic carbocycles. The summed E-state index contributed by atoms with van der Waals surface area (Å²) in [5.41, 5.74) is 46.1. The number of aliphatic imine (C=N–C) groups is 1. The maximum absolute atomic E-state index is 14.3. The molecule has 0 aliphatic carbocycles. The molecule has 1 heterocycles. The van der Waals surface area contributed by atoms with Gasteiger partial charge in [0.2, 0.25) is 47.3 Å². The van der Waals surface area contributed by atoms with E-state index in [9.17, 15) is 53.4 Å². The van der Waals surface area contributed by atoms with Gasteiger partial charge in [-0.25, -0.2) is 4.79 Å². The van der Waals surface area contributed by atoms with Gasteiger partial charge < -0.3 is 98.2 Å². The molecule has 0 spiro atoms. The minimum absolute atomic E-state index is 0.0417. The summed E-state index contributed by atoms with van der Waals surface area (Å²) >= 11 is 0. The van der Waals surface area contributed by atoms with E-state index in [1.165, 1.54) is 11.0 Å². The largest absolute Gasteiger partial charge is 0.477 e. The Hall–Kier alpha value is -6.82. The number of aliphatic hydroxyl groups is 1. The zero-order valence-corrected chi connectivity index (χ0v) is 43.4. The second kappa shape index (κ2) is 35.4. The number of hydrogen-bond acceptors (Lipinski definition) is 17. The Labute approximate surface area is 442 Å². The van der Waals surface area contributed by atoms with Crippen molar-refractivity contribution in [3.63, 3.8) is 0 Å². The number of carbonyl (C=O) groups excluding carboxylic acids is 8. The fourth-order valence-corrected chi connectivity index (χ4v) is 8.09. The van der Waals surface area contributed by atoms with Gasteiger partial charge in [0.15, 0.2) is 5.96 Å². The number of nitrogens with one attached hydrogen (secondary N) is 7. The van der Waals surface area contributed by atoms with Crippen molar-refractivity contribution >= 4 is 59.2 Å². The molecule has 1 aliphatic rings. The fourth-order valence-electron chi connectivity index (χ4n) is 8.09. The highest BCUT2D eigenvalue weighted by Crippen LogP contribution is 2.21. The Bertz CT molecular complexity index is 2140. The second-order valence-corrected chi connectivity index (χ2v) is 18.4. The van der Waals surface area contributed by atoms with Crippen molar-refractivity contribution in [2.24, 2.45) is 50.9 Å². The number of hydrogen-bond donors (Lipinski definition) is 17. The third-order valence-corrected chi connectivity index (χ3v) is 12.2. The number of guanidine groups is 1. The van der Waals surface area contributed by atoms with Gasteiger partial charge in [-0.3, -0.25) is 43.3 Å². The quantitative estimate of drug-likeness (QED) is 0.0129. The number of aryl methyl sites for hydroxylation is 1. The number of carbonyl (C=O) groups is 9. The molecular weight excluding hydrogens is 991 g/mol. The number of aliphatic hydroxyl groups excluding tert-OH is 1. The molecule has 28 heteroatoms. The minimum Gasteiger partial charge on any atom is -0.477 e. The van der Waals surface area contributed by atoms with Gasteiger partial charge >= 0.3 is 5.97 Å². The van der Waals surface area contributed by atoms with E-state index in [0.717, 1.165) is 5.56 Å². The summed E-state index contributed by atoms with van der Waals surface area (Å²) in [6, 6.07) is -1.70. The van der Waals surface area contributed by atoms with Crippen LogP contribution in [0.5, 0.6) is 0 Å². The summed E-state index contributed by atoms with van der Waals surface area (Å²) in [6.45, 7) is 1.58. The molecule has 8 atom stereocenters. The Morgan fingerprint density at radius 3 is 2.00 bits per heavy atom. The van der Waals surface area contributed by atoms with Crippen LogP contribution in [0.3, 0.4) is 0 Å². The smallest absolute Gasteiger partial charge is 0.352 e. The fraction of sp³-hybridized carbons (Fsp3) is 0.625. The van der Waals surface area contributed by atoms with Gasteiger partial charge in [-0.1, -0.05) is 42.3 Å². The molecular formula is C48H83N17O11. The summed E-state index contributed by atoms with van der Waals surface area (Å²) in [5, 5.41) is 38.0. The van der Waals surface area contributed by atoms with Crippen LogP contribution in [-0.2, 0) is 49.6 Å². The molecule has 1 aromatic rings. The summed E-state index contributed by atoms with van der Waals surface area (Å²) in [5.74, 6) is -7.98. The number of amides is 8. The van der Waals surface area contributed by atoms with E-state index in [0.29, 0.717) is 44.2 Å². The van der Waals surface area contributed by atoms with Crippen molar-refractivity contribution in [1.82, 2.24) is 42.1 Å². The van der Waals surface area contributed by atoms with E-state index in [1.54, 1.807) is 12.1 Å². The summed E-state index contributed by atoms with van der Waals surface area (Å²) < 4.78 is 0. The number of carboxylic acids is 1. The molecule has 1 aliphatic heterocycles. The molecule has 25 N–H and O–H groups in total. The average molecular weight is 1070 g/mol. The predicted molar refractivity (Wildman–Crippen MR) is 282 cm³/mol. The lowest BCUT2D eigenvalue weighted by atomic mass is 10.0. The zero-order valence-electron chi connectivity index (χ0n) is 43.4. The first-order chi connectivity index (χ1) is 36.2. The van der Waals surface area contributed by atoms with E-state index < -0.39 is 120 Å². The van der Waals surface area contributed by atoms with Crippen LogP contribution in [0.2, 0.25) is 0 Å². The van der Waals surface area contributed by atoms with Gasteiger partial charge in [-0.15, -0.1) is 0 Å². The molecule has 1 saturated heterocycles. The van der Waals surface area contributed by atoms with Gasteiger partial charge in [0.1, 0.15) is 41.9 Å². The number of rotatable bonds is 36. The Morgan fingerprint density at radius 2 is 1.38 bits per heavy atom. The lowest BCUT2D eigenvalue weighted by Gasteiger charge is -2.30. The number of benzene rings is 1. The maximum Gasteiger partial charge on any atom is 0.352 e. The third-order valence-electron chi connectivity index (χ3n) is 12.2. The summed E-state index contributed by atoms with van der Waals surface area (Å²) in [6.07, 6.45) is 2.74. The number of unbranched alkanes of at least 4 members (excludes halogenated alkanes) is 2. The molecule has 1 fully saturated rings. The highest BCUT2D eigenvalue weighted by molar-refractivity contribution is 5.99. The first kappa shape index (κ1) is 65.3. The van der Waals surface area contributed by atoms with E-state index in [-0.39, 0.29) is 90.0 Å². The Morgan fingerprint density at radius 1 is 0.737 bits per heavy atom. The number of nitrogens with two attached hydrogens (primary N) is 8. The molecule has 0 unspecified atom stereocenters. The van der Waals surface area contributed by atoms with Crippen molar-refractivity contribution < 1.29 is 53.4 Å². The molecule has 8 amide bonds. The van der Waals surface area contributed by atoms with Crippen molar-refractivity contribution in [3.8, 4) is 0 Å². The van der Waals surface area contributed by atoms with Crippen LogP contribution < -0.4 is 83.1 Å². The highest BCUT2D eigenvalue weighted by Gasteiger charge is 2.40. The predicted octanol–water partition coefficient (Wildman–Crippen LogP) is -6.19. The molecule has 0 aromatic heterocycles. The number of nitrogens with zero attached hydrogens (tertiary/aromatic N) is 2. The van der Waals surface area contributed by atoms with Gasteiger partial charge in [0.25, 0.3) is 0 Å². The molecule has 0 bridgehead atoms. The van der Waals surface area contributed by atoms with Gasteiger partial charge in [-0.2, -0.15) is 0 Å². The lowest BCUT2D eigenvalue weighted by Crippen LogP contribution is -2.61. The van der Waals surface area contributed by atoms with Gasteiger partial charge in [-0.05, 0) is 109 Å². The standard InChI is InChI=1S/C48H83N17O11/c1-28-10-6-11-29(24-28)25-35(43(71)60-31(13-3-5-19-50)42(70)62-34(47(75)76)15-8-22-57-48(55)56)63-44(72)36-16-9-23-65(36)46(74)33(14-7-20-51)59-38(67)27-58-41(69)32(17-21-52)61-45(73)39(37(66)26-53)64-40(68)30(54)12-2-4-18-49/h6,10-11,15,24,30-33,35-37,39,66H,2-5,7-9,12-14,16-23,25-27,49-54H2,1H3,(H,58,69)(H,59,67)(H,60,71)(H,61,73)(H,62,70)(H,63,72)(H,64,68)(H,75,76)(H4,55,56,57)/b34-15-/t30-,31-,32-,33+,35-,36-,37-,39+/m0/s1. The minimum atomic E-state index is -1.60. The Kier molecular flexibility index (Phi) is 30.4. The van der Waals surface area contributed by atoms with Gasteiger partial charge in [0, 0.05) is 26.1 Å². The molecule has 0 saturated carbocycles. The van der Waals surface area contributed by atoms with Crippen molar-refractivity contribution in [1.29, 1.82) is 0 Å². The third kappa shape index (κ3) is 23.4. The molecule has 76 heavy (non-hydrogen) atoms. The Balaban J connectivity index is 2.30. The van der Waals surface area contributed by atoms with Crippen LogP contribution in [0.4, 0.5) is 0 Å². The first-order valence-corrected chi connectivity index (χ1v) is 25.6. The van der Waals surface area contributed by atoms with Crippen molar-refractivity contribution in [2.75, 3.05) is 52.4 Å². The SMILES string of the molecule is Cc1cccc(C[C@H](NC(=O)[C@@H]2CCCN2C(=O)[C@@H](CCCN)NC(=O)CNC(=O)[C@H](CCN)NC(=O)[C@H](NC(=O)[C@@H](N)CCCCN)[C@@H](O)CN)C(=O)N[C@@H](CCCCN)C(=O)N/C(=C\CCN=C(N)N)C(=O)O)c1. The van der Waals surface area contributed by atoms with E-state index in [1.807, 2.05) is 19.1 Å². The zero-order chi connectivity index (χ0) is 56.7. The maximum atomic E-state index is 14.3. The number of aliphatic carboxylic acids is 1. The van der Waals surface area contributed by atoms with Gasteiger partial charge in [0.05, 0.1) is 18.7 Å². The number of likely N-dealkylation sites (tertiary alicyclic amines) is 1. The topological polar surface area (TPSA) is 502 Å². The van der Waals surface area contributed by atoms with Crippen molar-refractivity contribution in [2.45, 2.75) is 139 Å². The van der Waals surface area contributed by atoms with Crippen LogP contribution in [0.1, 0.15) is 88.2 Å². The monoisotopic (exact) mass is 1070 g/mol. The van der Waals surface area contributed by atoms with E-state index in [2.05, 4.69) is 42.2 Å². The summed E-state index contributed by atoms with van der Waals surface area (Å²) in [4.78, 5) is 127. The van der Waals surface area contributed by atoms with Crippen LogP contribution >= 0.6 is 0 Å². The normalized spacial score (nSPS) is 16.1. The van der Waals surface area contributed by atoms with E-state index in [4.69, 9.17) is 45.9 Å². The highest BCUT2D eigenvalue weighted by atomic mass is 16.4. The van der Waals surface area contributed by atoms with Crippen LogP contribution in [0, 0.1) is 6.92 Å². The van der Waals surface area contributed by atoms with Crippen LogP contribution in [0.15, 0.2) is 41.0 Å². The van der Waals surface area contributed by atoms with E-state index >= 15 is 0 Å². The lowest BCUT2D eigenvalue weighted by molar-refractivity contribution is -0.142. The second-order valence-electron chi connectivity index (χ2n) is 18.4. The van der Waals surface area contributed by atoms with Crippen LogP contribution in [-0.4, -0.2) is 175 Å². The van der Waals surface area contributed by atoms with Crippen molar-refractivity contribution in [3.05, 3.63) is 47.2 Å². The average Bonchev–Trinajstić information content (AvgIpc) is 3.88. The first-order valence-electron chi connectivity index (χ1n) is 25.6. The number of carboxylic acid groups (broad SMARTS) is 1. The molecule has 426 valence electrons. The molecule has 2 rings (SSSR count). The molecule has 0 radical (unpaired) electrons. The summed E-state index contributed by atoms with van der Waals surface area (Å²) in [7, 11) is 0. The molecule has 28 nitrogen and oxygen atoms in total.